The third-order valence-electron chi connectivity index (χ3n) is 2.91. The SMILES string of the molecule is CCCS(=O)(=O)C(C)C(=O)Nc1ccc(OC)cc1N. The van der Waals surface area contributed by atoms with Crippen molar-refractivity contribution in [1.29, 1.82) is 0 Å². The number of rotatable bonds is 6. The van der Waals surface area contributed by atoms with Gasteiger partial charge < -0.3 is 15.8 Å². The summed E-state index contributed by atoms with van der Waals surface area (Å²) in [5, 5.41) is 1.42. The Morgan fingerprint density at radius 3 is 2.60 bits per heavy atom. The van der Waals surface area contributed by atoms with Crippen LogP contribution in [0.25, 0.3) is 0 Å². The first kappa shape index (κ1) is 16.3. The summed E-state index contributed by atoms with van der Waals surface area (Å²) in [6.45, 7) is 3.13. The molecule has 20 heavy (non-hydrogen) atoms. The highest BCUT2D eigenvalue weighted by Crippen LogP contribution is 2.24. The van der Waals surface area contributed by atoms with Crippen LogP contribution in [0.15, 0.2) is 18.2 Å². The molecule has 0 spiro atoms. The number of carbonyl (C=O) groups is 1. The second-order valence-electron chi connectivity index (χ2n) is 4.45. The molecule has 112 valence electrons. The summed E-state index contributed by atoms with van der Waals surface area (Å²) in [7, 11) is -1.93. The van der Waals surface area contributed by atoms with Gasteiger partial charge in [0, 0.05) is 6.07 Å². The fourth-order valence-corrected chi connectivity index (χ4v) is 2.95. The molecule has 0 aliphatic carbocycles. The van der Waals surface area contributed by atoms with Crippen molar-refractivity contribution >= 4 is 27.1 Å². The number of nitrogens with two attached hydrogens (primary N) is 1. The van der Waals surface area contributed by atoms with Gasteiger partial charge in [-0.25, -0.2) is 8.42 Å². The molecule has 1 aromatic rings. The number of benzene rings is 1. The molecule has 6 nitrogen and oxygen atoms in total. The van der Waals surface area contributed by atoms with Crippen LogP contribution >= 0.6 is 0 Å². The van der Waals surface area contributed by atoms with E-state index in [-0.39, 0.29) is 5.75 Å². The van der Waals surface area contributed by atoms with E-state index in [1.807, 2.05) is 0 Å². The third-order valence-corrected chi connectivity index (χ3v) is 5.18. The zero-order valence-corrected chi connectivity index (χ0v) is 12.7. The van der Waals surface area contributed by atoms with Crippen molar-refractivity contribution in [3.8, 4) is 5.75 Å². The lowest BCUT2D eigenvalue weighted by Crippen LogP contribution is -2.34. The molecule has 0 saturated heterocycles. The molecule has 1 rings (SSSR count). The van der Waals surface area contributed by atoms with Crippen molar-refractivity contribution in [2.24, 2.45) is 0 Å². The van der Waals surface area contributed by atoms with Crippen molar-refractivity contribution in [3.63, 3.8) is 0 Å². The van der Waals surface area contributed by atoms with Crippen molar-refractivity contribution in [3.05, 3.63) is 18.2 Å². The van der Waals surface area contributed by atoms with E-state index < -0.39 is 21.0 Å². The maximum absolute atomic E-state index is 12.0. The van der Waals surface area contributed by atoms with Crippen LogP contribution in [0.1, 0.15) is 20.3 Å². The van der Waals surface area contributed by atoms with Crippen LogP contribution < -0.4 is 15.8 Å². The minimum absolute atomic E-state index is 0.0142. The smallest absolute Gasteiger partial charge is 0.242 e. The number of nitrogen functional groups attached to an aromatic ring is 1. The van der Waals surface area contributed by atoms with E-state index in [2.05, 4.69) is 5.32 Å². The maximum atomic E-state index is 12.0. The van der Waals surface area contributed by atoms with E-state index in [1.54, 1.807) is 25.1 Å². The number of anilines is 2. The second-order valence-corrected chi connectivity index (χ2v) is 6.89. The molecule has 0 aliphatic rings. The highest BCUT2D eigenvalue weighted by Gasteiger charge is 2.27. The summed E-state index contributed by atoms with van der Waals surface area (Å²) in [4.78, 5) is 12.0. The lowest BCUT2D eigenvalue weighted by Gasteiger charge is -2.14. The lowest BCUT2D eigenvalue weighted by molar-refractivity contribution is -0.115. The largest absolute Gasteiger partial charge is 0.497 e. The average molecular weight is 300 g/mol. The number of sulfone groups is 1. The molecule has 0 saturated carbocycles. The van der Waals surface area contributed by atoms with Crippen LogP contribution in [0.4, 0.5) is 11.4 Å². The molecule has 7 heteroatoms. The first-order valence-corrected chi connectivity index (χ1v) is 7.99. The topological polar surface area (TPSA) is 98.5 Å². The first-order valence-electron chi connectivity index (χ1n) is 6.27. The molecule has 0 bridgehead atoms. The summed E-state index contributed by atoms with van der Waals surface area (Å²) in [6.07, 6.45) is 0.477. The molecule has 1 aromatic carbocycles. The molecule has 1 unspecified atom stereocenters. The van der Waals surface area contributed by atoms with E-state index in [0.717, 1.165) is 0 Å². The van der Waals surface area contributed by atoms with Crippen molar-refractivity contribution in [2.75, 3.05) is 23.9 Å². The minimum atomic E-state index is -3.43. The Balaban J connectivity index is 2.86. The van der Waals surface area contributed by atoms with Gasteiger partial charge in [-0.1, -0.05) is 6.92 Å². The molecule has 0 aromatic heterocycles. The van der Waals surface area contributed by atoms with Gasteiger partial charge in [0.2, 0.25) is 5.91 Å². The summed E-state index contributed by atoms with van der Waals surface area (Å²) in [5.74, 6) is -0.0397. The van der Waals surface area contributed by atoms with Gasteiger partial charge in [-0.2, -0.15) is 0 Å². The Morgan fingerprint density at radius 2 is 2.10 bits per heavy atom. The van der Waals surface area contributed by atoms with E-state index in [9.17, 15) is 13.2 Å². The van der Waals surface area contributed by atoms with Gasteiger partial charge in [0.05, 0.1) is 24.2 Å². The van der Waals surface area contributed by atoms with Crippen LogP contribution in [0.2, 0.25) is 0 Å². The Labute approximate surface area is 119 Å². The molecule has 1 atom stereocenters. The van der Waals surface area contributed by atoms with Crippen LogP contribution in [0.3, 0.4) is 0 Å². The first-order chi connectivity index (χ1) is 9.31. The second kappa shape index (κ2) is 6.60. The van der Waals surface area contributed by atoms with E-state index in [1.165, 1.54) is 14.0 Å². The van der Waals surface area contributed by atoms with Crippen LogP contribution in [-0.2, 0) is 14.6 Å². The number of nitrogens with one attached hydrogen (secondary N) is 1. The van der Waals surface area contributed by atoms with Crippen LogP contribution in [-0.4, -0.2) is 32.4 Å². The fraction of sp³-hybridized carbons (Fsp3) is 0.462. The number of ether oxygens (including phenoxy) is 1. The Bertz CT molecular complexity index is 584. The van der Waals surface area contributed by atoms with Crippen molar-refractivity contribution < 1.29 is 17.9 Å². The molecular weight excluding hydrogens is 280 g/mol. The molecule has 0 heterocycles. The van der Waals surface area contributed by atoms with Crippen LogP contribution in [0, 0.1) is 0 Å². The average Bonchev–Trinajstić information content (AvgIpc) is 2.39. The number of methoxy groups -OCH3 is 1. The van der Waals surface area contributed by atoms with Gasteiger partial charge in [-0.15, -0.1) is 0 Å². The maximum Gasteiger partial charge on any atom is 0.242 e. The van der Waals surface area contributed by atoms with Gasteiger partial charge in [-0.05, 0) is 25.5 Å². The van der Waals surface area contributed by atoms with Gasteiger partial charge in [0.1, 0.15) is 11.0 Å². The normalized spacial score (nSPS) is 12.8. The molecule has 0 radical (unpaired) electrons. The summed E-state index contributed by atoms with van der Waals surface area (Å²) >= 11 is 0. The Morgan fingerprint density at radius 1 is 1.45 bits per heavy atom. The highest BCUT2D eigenvalue weighted by molar-refractivity contribution is 7.92. The fourth-order valence-electron chi connectivity index (χ4n) is 1.64. The molecular formula is C13H20N2O4S. The Kier molecular flexibility index (Phi) is 5.38. The standard InChI is InChI=1S/C13H20N2O4S/c1-4-7-20(17,18)9(2)13(16)15-12-6-5-10(19-3)8-11(12)14/h5-6,8-9H,4,7,14H2,1-3H3,(H,15,16). The molecule has 3 N–H and O–H groups in total. The number of hydrogen-bond acceptors (Lipinski definition) is 5. The quantitative estimate of drug-likeness (QED) is 0.774. The zero-order chi connectivity index (χ0) is 15.3. The third kappa shape index (κ3) is 3.86. The van der Waals surface area contributed by atoms with E-state index in [0.29, 0.717) is 23.5 Å². The lowest BCUT2D eigenvalue weighted by atomic mass is 10.2. The summed E-state index contributed by atoms with van der Waals surface area (Å²) in [6, 6.07) is 4.77. The minimum Gasteiger partial charge on any atom is -0.497 e. The predicted octanol–water partition coefficient (Wildman–Crippen LogP) is 1.43. The molecule has 0 fully saturated rings. The molecule has 1 amide bonds. The van der Waals surface area contributed by atoms with Crippen molar-refractivity contribution in [1.82, 2.24) is 0 Å². The number of hydrogen-bond donors (Lipinski definition) is 2. The van der Waals surface area contributed by atoms with Crippen molar-refractivity contribution in [2.45, 2.75) is 25.5 Å². The molecule has 0 aliphatic heterocycles. The highest BCUT2D eigenvalue weighted by atomic mass is 32.2. The van der Waals surface area contributed by atoms with Gasteiger partial charge in [0.15, 0.2) is 9.84 Å². The van der Waals surface area contributed by atoms with E-state index >= 15 is 0 Å². The van der Waals surface area contributed by atoms with Crippen LogP contribution in [0.5, 0.6) is 5.75 Å². The predicted molar refractivity (Wildman–Crippen MR) is 79.6 cm³/mol. The number of carbonyl (C=O) groups excluding carboxylic acids is 1. The number of amides is 1. The van der Waals surface area contributed by atoms with Gasteiger partial charge in [-0.3, -0.25) is 4.79 Å². The van der Waals surface area contributed by atoms with E-state index in [4.69, 9.17) is 10.5 Å². The zero-order valence-electron chi connectivity index (χ0n) is 11.8. The Hall–Kier alpha value is -1.76. The van der Waals surface area contributed by atoms with Gasteiger partial charge in [0.25, 0.3) is 0 Å². The monoisotopic (exact) mass is 300 g/mol. The summed E-state index contributed by atoms with van der Waals surface area (Å²) < 4.78 is 28.7. The van der Waals surface area contributed by atoms with Gasteiger partial charge >= 0.3 is 0 Å². The summed E-state index contributed by atoms with van der Waals surface area (Å²) in [5.41, 5.74) is 6.46.